The second-order valence-electron chi connectivity index (χ2n) is 6.38. The molecule has 1 aromatic heterocycles. The maximum atomic E-state index is 13.5. The van der Waals surface area contributed by atoms with Gasteiger partial charge in [-0.1, -0.05) is 6.07 Å². The number of H-pyrrole nitrogens is 1. The second kappa shape index (κ2) is 7.32. The van der Waals surface area contributed by atoms with Crippen molar-refractivity contribution in [2.24, 2.45) is 0 Å². The lowest BCUT2D eigenvalue weighted by Crippen LogP contribution is -2.35. The molecule has 1 amide bonds. The molecule has 8 heteroatoms. The number of hydrogen-bond acceptors (Lipinski definition) is 5. The van der Waals surface area contributed by atoms with Crippen LogP contribution < -0.4 is 15.0 Å². The Balaban J connectivity index is 1.67. The van der Waals surface area contributed by atoms with Crippen LogP contribution in [0.2, 0.25) is 0 Å². The van der Waals surface area contributed by atoms with Crippen molar-refractivity contribution < 1.29 is 23.8 Å². The van der Waals surface area contributed by atoms with Gasteiger partial charge in [0, 0.05) is 29.1 Å². The molecule has 4 rings (SSSR count). The van der Waals surface area contributed by atoms with E-state index in [1.54, 1.807) is 18.2 Å². The summed E-state index contributed by atoms with van der Waals surface area (Å²) in [4.78, 5) is 29.3. The van der Waals surface area contributed by atoms with Crippen LogP contribution in [0.5, 0.6) is 11.5 Å². The van der Waals surface area contributed by atoms with Gasteiger partial charge in [0.25, 0.3) is 11.5 Å². The van der Waals surface area contributed by atoms with Gasteiger partial charge in [-0.2, -0.15) is 0 Å². The molecule has 28 heavy (non-hydrogen) atoms. The molecule has 0 unspecified atom stereocenters. The first-order valence-corrected chi connectivity index (χ1v) is 8.66. The van der Waals surface area contributed by atoms with Crippen molar-refractivity contribution in [2.75, 3.05) is 19.9 Å². The first-order chi connectivity index (χ1) is 13.5. The lowest BCUT2D eigenvalue weighted by Gasteiger charge is -2.22. The van der Waals surface area contributed by atoms with Gasteiger partial charge in [0.2, 0.25) is 6.79 Å². The number of nitrogens with zero attached hydrogens (tertiary/aromatic N) is 1. The zero-order valence-electron chi connectivity index (χ0n) is 14.8. The van der Waals surface area contributed by atoms with Crippen LogP contribution in [0.25, 0.3) is 10.9 Å². The molecule has 0 atom stereocenters. The quantitative estimate of drug-likeness (QED) is 0.702. The van der Waals surface area contributed by atoms with E-state index in [0.717, 1.165) is 11.5 Å². The maximum absolute atomic E-state index is 13.5. The molecule has 144 valence electrons. The molecule has 2 N–H and O–H groups in total. The predicted octanol–water partition coefficient (Wildman–Crippen LogP) is 2.03. The highest BCUT2D eigenvalue weighted by molar-refractivity contribution is 5.94. The van der Waals surface area contributed by atoms with Gasteiger partial charge in [0.1, 0.15) is 5.82 Å². The third kappa shape index (κ3) is 3.41. The third-order valence-corrected chi connectivity index (χ3v) is 4.50. The normalized spacial score (nSPS) is 12.4. The Morgan fingerprint density at radius 1 is 1.18 bits per heavy atom. The number of benzene rings is 2. The Kier molecular flexibility index (Phi) is 4.70. The van der Waals surface area contributed by atoms with Crippen molar-refractivity contribution in [3.63, 3.8) is 0 Å². The molecule has 0 saturated heterocycles. The monoisotopic (exact) mass is 384 g/mol. The first kappa shape index (κ1) is 18.0. The molecule has 0 spiro atoms. The molecule has 0 radical (unpaired) electrons. The lowest BCUT2D eigenvalue weighted by molar-refractivity contribution is 0.0706. The number of aliphatic hydroxyl groups is 1. The smallest absolute Gasteiger partial charge is 0.254 e. The minimum absolute atomic E-state index is 0.00790. The van der Waals surface area contributed by atoms with Crippen LogP contribution >= 0.6 is 0 Å². The zero-order chi connectivity index (χ0) is 19.7. The standard InChI is InChI=1S/C20H17FN2O5/c21-15-3-1-2-12(7-15)20(26)23(4-5-24)10-14-6-13-8-17-18(28-11-27-17)9-16(13)22-19(14)25/h1-3,6-9,24H,4-5,10-11H2,(H,22,25). The topological polar surface area (TPSA) is 91.9 Å². The summed E-state index contributed by atoms with van der Waals surface area (Å²) in [6, 6.07) is 10.4. The van der Waals surface area contributed by atoms with E-state index in [9.17, 15) is 19.1 Å². The fraction of sp³-hybridized carbons (Fsp3) is 0.200. The molecule has 0 fully saturated rings. The fourth-order valence-electron chi connectivity index (χ4n) is 3.14. The van der Waals surface area contributed by atoms with E-state index >= 15 is 0 Å². The number of carbonyl (C=O) groups is 1. The summed E-state index contributed by atoms with van der Waals surface area (Å²) >= 11 is 0. The molecule has 7 nitrogen and oxygen atoms in total. The number of carbonyl (C=O) groups excluding carboxylic acids is 1. The number of amides is 1. The van der Waals surface area contributed by atoms with Crippen LogP contribution in [0.15, 0.2) is 47.3 Å². The zero-order valence-corrected chi connectivity index (χ0v) is 14.8. The lowest BCUT2D eigenvalue weighted by atomic mass is 10.1. The number of rotatable bonds is 5. The molecule has 0 bridgehead atoms. The van der Waals surface area contributed by atoms with Gasteiger partial charge in [-0.05, 0) is 30.3 Å². The van der Waals surface area contributed by atoms with Gasteiger partial charge in [-0.3, -0.25) is 9.59 Å². The Hall–Kier alpha value is -3.39. The van der Waals surface area contributed by atoms with Gasteiger partial charge in [-0.25, -0.2) is 4.39 Å². The average Bonchev–Trinajstić information content (AvgIpc) is 3.13. The average molecular weight is 384 g/mol. The van der Waals surface area contributed by atoms with E-state index < -0.39 is 11.7 Å². The van der Waals surface area contributed by atoms with Crippen molar-refractivity contribution >= 4 is 16.8 Å². The van der Waals surface area contributed by atoms with Gasteiger partial charge in [-0.15, -0.1) is 0 Å². The van der Waals surface area contributed by atoms with E-state index in [0.29, 0.717) is 22.6 Å². The molecule has 0 aliphatic carbocycles. The molecule has 2 heterocycles. The maximum Gasteiger partial charge on any atom is 0.254 e. The first-order valence-electron chi connectivity index (χ1n) is 8.66. The third-order valence-electron chi connectivity index (χ3n) is 4.50. The van der Waals surface area contributed by atoms with Crippen molar-refractivity contribution in [1.82, 2.24) is 9.88 Å². The van der Waals surface area contributed by atoms with Crippen LogP contribution in [-0.4, -0.2) is 40.8 Å². The number of aliphatic hydroxyl groups excluding tert-OH is 1. The number of nitrogens with one attached hydrogen (secondary N) is 1. The van der Waals surface area contributed by atoms with E-state index in [1.807, 2.05) is 0 Å². The Bertz CT molecular complexity index is 1110. The van der Waals surface area contributed by atoms with Crippen molar-refractivity contribution in [3.05, 3.63) is 69.8 Å². The Morgan fingerprint density at radius 3 is 2.71 bits per heavy atom. The molecule has 1 aliphatic rings. The SMILES string of the molecule is O=C(c1cccc(F)c1)N(CCO)Cc1cc2cc3c(cc2[nH]c1=O)OCO3. The van der Waals surface area contributed by atoms with E-state index in [-0.39, 0.29) is 37.6 Å². The van der Waals surface area contributed by atoms with Crippen molar-refractivity contribution in [2.45, 2.75) is 6.54 Å². The molecule has 0 saturated carbocycles. The number of aromatic amines is 1. The molecular formula is C20H17FN2O5. The van der Waals surface area contributed by atoms with Gasteiger partial charge >= 0.3 is 0 Å². The molecule has 3 aromatic rings. The molecule has 2 aromatic carbocycles. The molecular weight excluding hydrogens is 367 g/mol. The van der Waals surface area contributed by atoms with Crippen LogP contribution in [0.1, 0.15) is 15.9 Å². The number of fused-ring (bicyclic) bond motifs is 2. The van der Waals surface area contributed by atoms with E-state index in [4.69, 9.17) is 9.47 Å². The highest BCUT2D eigenvalue weighted by Crippen LogP contribution is 2.35. The summed E-state index contributed by atoms with van der Waals surface area (Å²) in [6.07, 6.45) is 0. The Labute approximate surface area is 158 Å². The summed E-state index contributed by atoms with van der Waals surface area (Å²) in [5, 5.41) is 10.1. The number of hydrogen-bond donors (Lipinski definition) is 2. The summed E-state index contributed by atoms with van der Waals surface area (Å²) in [5.41, 5.74) is 0.711. The van der Waals surface area contributed by atoms with E-state index in [1.165, 1.54) is 23.1 Å². The van der Waals surface area contributed by atoms with Crippen molar-refractivity contribution in [1.29, 1.82) is 0 Å². The number of aromatic nitrogens is 1. The highest BCUT2D eigenvalue weighted by atomic mass is 19.1. The highest BCUT2D eigenvalue weighted by Gasteiger charge is 2.19. The predicted molar refractivity (Wildman–Crippen MR) is 98.9 cm³/mol. The van der Waals surface area contributed by atoms with Gasteiger partial charge < -0.3 is 24.5 Å². The largest absolute Gasteiger partial charge is 0.454 e. The van der Waals surface area contributed by atoms with E-state index in [2.05, 4.69) is 4.98 Å². The number of halogens is 1. The van der Waals surface area contributed by atoms with Crippen LogP contribution in [-0.2, 0) is 6.54 Å². The van der Waals surface area contributed by atoms with Crippen LogP contribution in [0, 0.1) is 5.82 Å². The number of ether oxygens (including phenoxy) is 2. The number of pyridine rings is 1. The Morgan fingerprint density at radius 2 is 1.96 bits per heavy atom. The summed E-state index contributed by atoms with van der Waals surface area (Å²) in [7, 11) is 0. The minimum atomic E-state index is -0.533. The summed E-state index contributed by atoms with van der Waals surface area (Å²) in [5.74, 6) is 0.126. The van der Waals surface area contributed by atoms with Crippen LogP contribution in [0.4, 0.5) is 4.39 Å². The minimum Gasteiger partial charge on any atom is -0.454 e. The van der Waals surface area contributed by atoms with Gasteiger partial charge in [0.15, 0.2) is 11.5 Å². The second-order valence-corrected chi connectivity index (χ2v) is 6.38. The molecule has 1 aliphatic heterocycles. The van der Waals surface area contributed by atoms with Crippen molar-refractivity contribution in [3.8, 4) is 11.5 Å². The summed E-state index contributed by atoms with van der Waals surface area (Å²) in [6.45, 7) is -0.191. The summed E-state index contributed by atoms with van der Waals surface area (Å²) < 4.78 is 24.1. The van der Waals surface area contributed by atoms with Gasteiger partial charge in [0.05, 0.1) is 18.7 Å². The van der Waals surface area contributed by atoms with Crippen LogP contribution in [0.3, 0.4) is 0 Å². The fourth-order valence-corrected chi connectivity index (χ4v) is 3.14.